The summed E-state index contributed by atoms with van der Waals surface area (Å²) in [4.78, 5) is 16.7. The van der Waals surface area contributed by atoms with Crippen LogP contribution in [0.2, 0.25) is 0 Å². The zero-order chi connectivity index (χ0) is 16.5. The SMILES string of the molecule is [CH2]CCNC(=O)NOC(CCO)C(NS(C)(=O)=O)C(C)C. The Morgan fingerprint density at radius 2 is 2.00 bits per heavy atom. The third-order valence-electron chi connectivity index (χ3n) is 2.65. The number of aliphatic hydroxyl groups is 1. The van der Waals surface area contributed by atoms with E-state index in [0.29, 0.717) is 13.0 Å². The van der Waals surface area contributed by atoms with Crippen molar-refractivity contribution < 1.29 is 23.2 Å². The second-order valence-corrected chi connectivity index (χ2v) is 6.82. The van der Waals surface area contributed by atoms with Crippen LogP contribution < -0.4 is 15.5 Å². The first-order valence-electron chi connectivity index (χ1n) is 6.78. The van der Waals surface area contributed by atoms with Gasteiger partial charge < -0.3 is 10.4 Å². The van der Waals surface area contributed by atoms with Crippen molar-refractivity contribution in [2.45, 2.75) is 38.8 Å². The molecule has 0 aromatic rings. The molecule has 1 radical (unpaired) electrons. The Hall–Kier alpha value is -0.900. The number of hydrogen-bond acceptors (Lipinski definition) is 5. The molecular weight excluding hydrogens is 298 g/mol. The van der Waals surface area contributed by atoms with Crippen LogP contribution in [0.1, 0.15) is 26.7 Å². The van der Waals surface area contributed by atoms with E-state index < -0.39 is 28.2 Å². The van der Waals surface area contributed by atoms with Gasteiger partial charge in [0.2, 0.25) is 10.0 Å². The lowest BCUT2D eigenvalue weighted by atomic mass is 9.98. The van der Waals surface area contributed by atoms with Gasteiger partial charge in [0.25, 0.3) is 0 Å². The lowest BCUT2D eigenvalue weighted by Gasteiger charge is -2.29. The maximum atomic E-state index is 11.4. The molecule has 0 fully saturated rings. The summed E-state index contributed by atoms with van der Waals surface area (Å²) < 4.78 is 25.3. The van der Waals surface area contributed by atoms with E-state index in [1.54, 1.807) is 0 Å². The minimum atomic E-state index is -3.43. The smallest absolute Gasteiger partial charge is 0.338 e. The fraction of sp³-hybridized carbons (Fsp3) is 0.833. The van der Waals surface area contributed by atoms with Gasteiger partial charge in [-0.25, -0.2) is 23.4 Å². The Bertz CT molecular complexity index is 400. The average molecular weight is 324 g/mol. The molecule has 0 spiro atoms. The topological polar surface area (TPSA) is 117 Å². The molecule has 0 bridgehead atoms. The summed E-state index contributed by atoms with van der Waals surface area (Å²) in [7, 11) is -3.43. The lowest BCUT2D eigenvalue weighted by Crippen LogP contribution is -2.51. The second kappa shape index (κ2) is 9.93. The maximum Gasteiger partial charge on any atom is 0.338 e. The monoisotopic (exact) mass is 324 g/mol. The van der Waals surface area contributed by atoms with Gasteiger partial charge in [0.1, 0.15) is 6.10 Å². The molecule has 0 heterocycles. The molecule has 0 aromatic carbocycles. The largest absolute Gasteiger partial charge is 0.396 e. The van der Waals surface area contributed by atoms with E-state index in [0.717, 1.165) is 6.26 Å². The Labute approximate surface area is 126 Å². The van der Waals surface area contributed by atoms with Crippen molar-refractivity contribution >= 4 is 16.1 Å². The van der Waals surface area contributed by atoms with Crippen molar-refractivity contribution in [1.82, 2.24) is 15.5 Å². The quantitative estimate of drug-likeness (QED) is 0.414. The van der Waals surface area contributed by atoms with Crippen LogP contribution in [-0.4, -0.2) is 51.1 Å². The van der Waals surface area contributed by atoms with E-state index in [9.17, 15) is 13.2 Å². The van der Waals surface area contributed by atoms with Crippen molar-refractivity contribution in [3.63, 3.8) is 0 Å². The van der Waals surface area contributed by atoms with E-state index >= 15 is 0 Å². The van der Waals surface area contributed by atoms with Crippen LogP contribution >= 0.6 is 0 Å². The van der Waals surface area contributed by atoms with Gasteiger partial charge in [-0.15, -0.1) is 0 Å². The molecule has 0 saturated carbocycles. The van der Waals surface area contributed by atoms with Gasteiger partial charge in [-0.2, -0.15) is 0 Å². The van der Waals surface area contributed by atoms with Gasteiger partial charge in [-0.05, 0) is 12.3 Å². The molecule has 0 saturated heterocycles. The van der Waals surface area contributed by atoms with Crippen molar-refractivity contribution in [2.75, 3.05) is 19.4 Å². The highest BCUT2D eigenvalue weighted by atomic mass is 32.2. The number of carbonyl (C=O) groups excluding carboxylic acids is 1. The summed E-state index contributed by atoms with van der Waals surface area (Å²) >= 11 is 0. The molecule has 125 valence electrons. The summed E-state index contributed by atoms with van der Waals surface area (Å²) in [5, 5.41) is 11.6. The Kier molecular flexibility index (Phi) is 9.51. The van der Waals surface area contributed by atoms with Crippen molar-refractivity contribution in [2.24, 2.45) is 5.92 Å². The molecule has 0 aliphatic heterocycles. The Morgan fingerprint density at radius 3 is 2.43 bits per heavy atom. The number of amides is 2. The number of rotatable bonds is 10. The van der Waals surface area contributed by atoms with Gasteiger partial charge in [0, 0.05) is 19.6 Å². The first kappa shape index (κ1) is 20.1. The second-order valence-electron chi connectivity index (χ2n) is 5.04. The zero-order valence-corrected chi connectivity index (χ0v) is 13.6. The summed E-state index contributed by atoms with van der Waals surface area (Å²) in [5.41, 5.74) is 2.20. The number of hydroxylamine groups is 1. The van der Waals surface area contributed by atoms with Gasteiger partial charge in [-0.1, -0.05) is 20.8 Å². The fourth-order valence-electron chi connectivity index (χ4n) is 1.69. The fourth-order valence-corrected chi connectivity index (χ4v) is 2.61. The number of sulfonamides is 1. The van der Waals surface area contributed by atoms with Gasteiger partial charge >= 0.3 is 6.03 Å². The average Bonchev–Trinajstić information content (AvgIpc) is 2.37. The van der Waals surface area contributed by atoms with Crippen LogP contribution in [0.5, 0.6) is 0 Å². The van der Waals surface area contributed by atoms with E-state index in [-0.39, 0.29) is 18.9 Å². The molecule has 8 nitrogen and oxygen atoms in total. The molecule has 4 N–H and O–H groups in total. The molecule has 0 aliphatic rings. The van der Waals surface area contributed by atoms with Crippen molar-refractivity contribution in [1.29, 1.82) is 0 Å². The lowest BCUT2D eigenvalue weighted by molar-refractivity contribution is -0.0392. The van der Waals surface area contributed by atoms with E-state index in [4.69, 9.17) is 9.94 Å². The molecule has 0 aromatic heterocycles. The zero-order valence-electron chi connectivity index (χ0n) is 12.8. The van der Waals surface area contributed by atoms with Crippen LogP contribution in [0.4, 0.5) is 4.79 Å². The van der Waals surface area contributed by atoms with E-state index in [1.807, 2.05) is 13.8 Å². The summed E-state index contributed by atoms with van der Waals surface area (Å²) in [5.74, 6) is -0.0824. The number of carbonyl (C=O) groups is 1. The molecule has 9 heteroatoms. The summed E-state index contributed by atoms with van der Waals surface area (Å²) in [6.07, 6.45) is 1.08. The minimum absolute atomic E-state index is 0.0824. The molecule has 21 heavy (non-hydrogen) atoms. The van der Waals surface area contributed by atoms with Crippen LogP contribution in [0, 0.1) is 12.8 Å². The minimum Gasteiger partial charge on any atom is -0.396 e. The highest BCUT2D eigenvalue weighted by Crippen LogP contribution is 2.13. The Morgan fingerprint density at radius 1 is 1.38 bits per heavy atom. The maximum absolute atomic E-state index is 11.4. The highest BCUT2D eigenvalue weighted by molar-refractivity contribution is 7.88. The van der Waals surface area contributed by atoms with Crippen LogP contribution in [0.25, 0.3) is 0 Å². The van der Waals surface area contributed by atoms with E-state index in [1.165, 1.54) is 0 Å². The molecule has 0 rings (SSSR count). The number of nitrogens with one attached hydrogen (secondary N) is 3. The predicted molar refractivity (Wildman–Crippen MR) is 79.7 cm³/mol. The molecule has 2 unspecified atom stereocenters. The predicted octanol–water partition coefficient (Wildman–Crippen LogP) is -0.234. The first-order chi connectivity index (χ1) is 9.71. The summed E-state index contributed by atoms with van der Waals surface area (Å²) in [6.45, 7) is 7.42. The first-order valence-corrected chi connectivity index (χ1v) is 8.67. The van der Waals surface area contributed by atoms with Gasteiger partial charge in [0.05, 0.1) is 12.3 Å². The molecule has 0 aliphatic carbocycles. The third kappa shape index (κ3) is 9.62. The molecule has 2 amide bonds. The van der Waals surface area contributed by atoms with Gasteiger partial charge in [-0.3, -0.25) is 4.84 Å². The van der Waals surface area contributed by atoms with E-state index in [2.05, 4.69) is 22.4 Å². The van der Waals surface area contributed by atoms with Crippen LogP contribution in [0.15, 0.2) is 0 Å². The summed E-state index contributed by atoms with van der Waals surface area (Å²) in [6, 6.07) is -1.11. The number of aliphatic hydroxyl groups excluding tert-OH is 1. The Balaban J connectivity index is 4.70. The standard InChI is InChI=1S/C12H26N3O5S/c1-5-7-13-12(17)14-20-10(6-8-16)11(9(2)3)15-21(4,18)19/h9-11,15-16H,1,5-8H2,2-4H3,(H2,13,14,17). The number of hydrogen-bond donors (Lipinski definition) is 4. The number of urea groups is 1. The third-order valence-corrected chi connectivity index (χ3v) is 3.35. The van der Waals surface area contributed by atoms with Gasteiger partial charge in [0.15, 0.2) is 0 Å². The van der Waals surface area contributed by atoms with Crippen LogP contribution in [0.3, 0.4) is 0 Å². The van der Waals surface area contributed by atoms with Crippen LogP contribution in [-0.2, 0) is 14.9 Å². The molecule has 2 atom stereocenters. The molecular formula is C12H26N3O5S. The van der Waals surface area contributed by atoms with Crippen molar-refractivity contribution in [3.8, 4) is 0 Å². The normalized spacial score (nSPS) is 14.8. The highest BCUT2D eigenvalue weighted by Gasteiger charge is 2.28. The van der Waals surface area contributed by atoms with Crippen molar-refractivity contribution in [3.05, 3.63) is 6.92 Å².